The topological polar surface area (TPSA) is 69.7 Å². The van der Waals surface area contributed by atoms with Gasteiger partial charge in [0.2, 0.25) is 5.91 Å². The van der Waals surface area contributed by atoms with E-state index in [1.54, 1.807) is 12.1 Å². The molecule has 0 aromatic heterocycles. The summed E-state index contributed by atoms with van der Waals surface area (Å²) in [6, 6.07) is 14.8. The highest BCUT2D eigenvalue weighted by Gasteiger charge is 2.35. The maximum atomic E-state index is 12.5. The summed E-state index contributed by atoms with van der Waals surface area (Å²) < 4.78 is 0. The van der Waals surface area contributed by atoms with Gasteiger partial charge in [-0.15, -0.1) is 0 Å². The Morgan fingerprint density at radius 1 is 1.04 bits per heavy atom. The lowest BCUT2D eigenvalue weighted by Crippen LogP contribution is -2.38. The molecular formula is C22H25N3O3. The van der Waals surface area contributed by atoms with Crippen LogP contribution in [0.3, 0.4) is 0 Å². The summed E-state index contributed by atoms with van der Waals surface area (Å²) in [5.41, 5.74) is 2.76. The average molecular weight is 379 g/mol. The summed E-state index contributed by atoms with van der Waals surface area (Å²) in [6.07, 6.45) is 0.0706. The molecular weight excluding hydrogens is 354 g/mol. The first-order chi connectivity index (χ1) is 13.4. The van der Waals surface area contributed by atoms with E-state index in [2.05, 4.69) is 5.32 Å². The Morgan fingerprint density at radius 3 is 2.39 bits per heavy atom. The van der Waals surface area contributed by atoms with Crippen LogP contribution in [-0.4, -0.2) is 54.7 Å². The molecule has 3 amide bonds. The smallest absolute Gasteiger partial charge is 0.261 e. The Balaban J connectivity index is 1.63. The van der Waals surface area contributed by atoms with Crippen LogP contribution in [-0.2, 0) is 4.79 Å². The van der Waals surface area contributed by atoms with Crippen LogP contribution in [0.5, 0.6) is 0 Å². The Labute approximate surface area is 165 Å². The summed E-state index contributed by atoms with van der Waals surface area (Å²) in [6.45, 7) is 2.60. The lowest BCUT2D eigenvalue weighted by molar-refractivity contribution is -0.122. The van der Waals surface area contributed by atoms with Gasteiger partial charge in [0.05, 0.1) is 17.2 Å². The van der Waals surface area contributed by atoms with Crippen LogP contribution in [0.1, 0.15) is 44.3 Å². The van der Waals surface area contributed by atoms with E-state index in [1.165, 1.54) is 0 Å². The zero-order valence-electron chi connectivity index (χ0n) is 16.4. The van der Waals surface area contributed by atoms with Crippen molar-refractivity contribution < 1.29 is 14.4 Å². The normalized spacial score (nSPS) is 14.4. The van der Waals surface area contributed by atoms with E-state index in [4.69, 9.17) is 0 Å². The van der Waals surface area contributed by atoms with E-state index in [0.29, 0.717) is 17.7 Å². The minimum Gasteiger partial charge on any atom is -0.348 e. The number of fused-ring (bicyclic) bond motifs is 1. The number of nitrogens with one attached hydrogen (secondary N) is 1. The SMILES string of the molecule is Cc1ccc2c(c1)C(=O)N(CCC(=O)NC(CN(C)C)c1ccccc1)C2=O. The molecule has 0 saturated heterocycles. The molecule has 0 fully saturated rings. The van der Waals surface area contributed by atoms with Crippen molar-refractivity contribution in [1.29, 1.82) is 0 Å². The fraction of sp³-hybridized carbons (Fsp3) is 0.318. The van der Waals surface area contributed by atoms with E-state index < -0.39 is 0 Å². The van der Waals surface area contributed by atoms with Crippen molar-refractivity contribution in [2.24, 2.45) is 0 Å². The third-order valence-electron chi connectivity index (χ3n) is 4.77. The second-order valence-electron chi connectivity index (χ2n) is 7.35. The number of rotatable bonds is 7. The number of benzene rings is 2. The summed E-state index contributed by atoms with van der Waals surface area (Å²) in [7, 11) is 3.89. The lowest BCUT2D eigenvalue weighted by atomic mass is 10.1. The van der Waals surface area contributed by atoms with Gasteiger partial charge in [0.1, 0.15) is 0 Å². The van der Waals surface area contributed by atoms with E-state index in [-0.39, 0.29) is 36.7 Å². The first-order valence-corrected chi connectivity index (χ1v) is 9.32. The minimum atomic E-state index is -0.333. The van der Waals surface area contributed by atoms with E-state index in [1.807, 2.05) is 62.3 Å². The molecule has 0 spiro atoms. The van der Waals surface area contributed by atoms with Crippen molar-refractivity contribution in [2.45, 2.75) is 19.4 Å². The second-order valence-corrected chi connectivity index (χ2v) is 7.35. The first-order valence-electron chi connectivity index (χ1n) is 9.32. The molecule has 1 N–H and O–H groups in total. The van der Waals surface area contributed by atoms with Crippen molar-refractivity contribution in [1.82, 2.24) is 15.1 Å². The number of nitrogens with zero attached hydrogens (tertiary/aromatic N) is 2. The van der Waals surface area contributed by atoms with Crippen molar-refractivity contribution >= 4 is 17.7 Å². The van der Waals surface area contributed by atoms with E-state index in [0.717, 1.165) is 16.0 Å². The van der Waals surface area contributed by atoms with Gasteiger partial charge in [0, 0.05) is 19.5 Å². The van der Waals surface area contributed by atoms with E-state index >= 15 is 0 Å². The van der Waals surface area contributed by atoms with Crippen LogP contribution in [0.4, 0.5) is 0 Å². The van der Waals surface area contributed by atoms with Gasteiger partial charge in [0.25, 0.3) is 11.8 Å². The first kappa shape index (κ1) is 19.8. The van der Waals surface area contributed by atoms with Crippen LogP contribution in [0, 0.1) is 6.92 Å². The predicted octanol–water partition coefficient (Wildman–Crippen LogP) is 2.40. The summed E-state index contributed by atoms with van der Waals surface area (Å²) in [5.74, 6) is -0.853. The molecule has 1 atom stereocenters. The second kappa shape index (κ2) is 8.35. The molecule has 0 aliphatic carbocycles. The zero-order valence-corrected chi connectivity index (χ0v) is 16.4. The number of carbonyl (C=O) groups is 3. The molecule has 0 radical (unpaired) electrons. The van der Waals surface area contributed by atoms with Gasteiger partial charge in [0.15, 0.2) is 0 Å². The molecule has 0 bridgehead atoms. The summed E-state index contributed by atoms with van der Waals surface area (Å²) in [5, 5.41) is 3.02. The monoisotopic (exact) mass is 379 g/mol. The lowest BCUT2D eigenvalue weighted by Gasteiger charge is -2.23. The predicted molar refractivity (Wildman–Crippen MR) is 107 cm³/mol. The molecule has 1 heterocycles. The Hall–Kier alpha value is -2.99. The highest BCUT2D eigenvalue weighted by Crippen LogP contribution is 2.24. The third-order valence-corrected chi connectivity index (χ3v) is 4.77. The molecule has 2 aromatic carbocycles. The standard InChI is InChI=1S/C22H25N3O3/c1-15-9-10-17-18(13-15)22(28)25(21(17)27)12-11-20(26)23-19(14-24(2)3)16-7-5-4-6-8-16/h4-10,13,19H,11-12,14H2,1-3H3,(H,23,26). The Bertz CT molecular complexity index is 893. The average Bonchev–Trinajstić information content (AvgIpc) is 2.90. The largest absolute Gasteiger partial charge is 0.348 e. The molecule has 0 saturated carbocycles. The van der Waals surface area contributed by atoms with Gasteiger partial charge in [-0.25, -0.2) is 0 Å². The van der Waals surface area contributed by atoms with Crippen LogP contribution in [0.15, 0.2) is 48.5 Å². The van der Waals surface area contributed by atoms with Gasteiger partial charge in [-0.2, -0.15) is 0 Å². The molecule has 146 valence electrons. The van der Waals surface area contributed by atoms with Gasteiger partial charge >= 0.3 is 0 Å². The number of hydrogen-bond acceptors (Lipinski definition) is 4. The maximum absolute atomic E-state index is 12.5. The number of hydrogen-bond donors (Lipinski definition) is 1. The van der Waals surface area contributed by atoms with Gasteiger partial charge in [-0.1, -0.05) is 42.0 Å². The molecule has 3 rings (SSSR count). The summed E-state index contributed by atoms with van der Waals surface area (Å²) in [4.78, 5) is 40.7. The molecule has 2 aromatic rings. The highest BCUT2D eigenvalue weighted by molar-refractivity contribution is 6.21. The van der Waals surface area contributed by atoms with Crippen molar-refractivity contribution in [3.05, 3.63) is 70.8 Å². The Morgan fingerprint density at radius 2 is 1.71 bits per heavy atom. The van der Waals surface area contributed by atoms with Gasteiger partial charge < -0.3 is 10.2 Å². The van der Waals surface area contributed by atoms with Crippen LogP contribution < -0.4 is 5.32 Å². The molecule has 6 nitrogen and oxygen atoms in total. The molecule has 1 aliphatic rings. The van der Waals surface area contributed by atoms with Crippen LogP contribution in [0.2, 0.25) is 0 Å². The van der Waals surface area contributed by atoms with Crippen molar-refractivity contribution in [3.63, 3.8) is 0 Å². The fourth-order valence-corrected chi connectivity index (χ4v) is 3.37. The third kappa shape index (κ3) is 4.28. The number of carbonyl (C=O) groups excluding carboxylic acids is 3. The molecule has 1 aliphatic heterocycles. The highest BCUT2D eigenvalue weighted by atomic mass is 16.2. The fourth-order valence-electron chi connectivity index (χ4n) is 3.37. The van der Waals surface area contributed by atoms with Gasteiger partial charge in [-0.3, -0.25) is 19.3 Å². The number of likely N-dealkylation sites (N-methyl/N-ethyl adjacent to an activating group) is 1. The quantitative estimate of drug-likeness (QED) is 0.750. The molecule has 1 unspecified atom stereocenters. The van der Waals surface area contributed by atoms with Crippen molar-refractivity contribution in [3.8, 4) is 0 Å². The van der Waals surface area contributed by atoms with Crippen LogP contribution >= 0.6 is 0 Å². The molecule has 6 heteroatoms. The van der Waals surface area contributed by atoms with Gasteiger partial charge in [-0.05, 0) is 38.7 Å². The van der Waals surface area contributed by atoms with Crippen molar-refractivity contribution in [2.75, 3.05) is 27.2 Å². The molecule has 28 heavy (non-hydrogen) atoms. The minimum absolute atomic E-state index is 0.0701. The number of amides is 3. The zero-order chi connectivity index (χ0) is 20.3. The summed E-state index contributed by atoms with van der Waals surface area (Å²) >= 11 is 0. The maximum Gasteiger partial charge on any atom is 0.261 e. The van der Waals surface area contributed by atoms with E-state index in [9.17, 15) is 14.4 Å². The van der Waals surface area contributed by atoms with Crippen LogP contribution in [0.25, 0.3) is 0 Å². The Kier molecular flexibility index (Phi) is 5.90. The number of imide groups is 1. The number of aryl methyl sites for hydroxylation is 1.